The molecule has 4 N–H and O–H groups in total. The lowest BCUT2D eigenvalue weighted by atomic mass is 10.0. The van der Waals surface area contributed by atoms with Gasteiger partial charge in [-0.05, 0) is 43.4 Å². The fourth-order valence-electron chi connectivity index (χ4n) is 3.02. The molecule has 3 rings (SSSR count). The standard InChI is InChI=1S/C14H23N5/c1-2-3-11-12(17-9-18-13(11)19-15)16-8-14(6-7-14)10-4-5-10/h9-10H,2-8,15H2,1H3,(H2,16,17,18,19). The first kappa shape index (κ1) is 12.7. The van der Waals surface area contributed by atoms with Crippen LogP contribution in [0.2, 0.25) is 0 Å². The third-order valence-corrected chi connectivity index (χ3v) is 4.53. The van der Waals surface area contributed by atoms with Crippen molar-refractivity contribution in [2.24, 2.45) is 17.2 Å². The minimum Gasteiger partial charge on any atom is -0.369 e. The molecule has 0 unspecified atom stereocenters. The van der Waals surface area contributed by atoms with E-state index >= 15 is 0 Å². The van der Waals surface area contributed by atoms with Gasteiger partial charge >= 0.3 is 0 Å². The van der Waals surface area contributed by atoms with E-state index in [2.05, 4.69) is 27.6 Å². The molecule has 0 amide bonds. The molecule has 0 aromatic carbocycles. The van der Waals surface area contributed by atoms with E-state index in [9.17, 15) is 0 Å². The summed E-state index contributed by atoms with van der Waals surface area (Å²) in [7, 11) is 0. The van der Waals surface area contributed by atoms with Gasteiger partial charge in [-0.25, -0.2) is 15.8 Å². The summed E-state index contributed by atoms with van der Waals surface area (Å²) in [6.45, 7) is 3.21. The normalized spacial score (nSPS) is 20.1. The van der Waals surface area contributed by atoms with E-state index in [4.69, 9.17) is 5.84 Å². The Hall–Kier alpha value is -1.36. The van der Waals surface area contributed by atoms with Crippen LogP contribution in [0.4, 0.5) is 11.6 Å². The van der Waals surface area contributed by atoms with Gasteiger partial charge in [0.2, 0.25) is 0 Å². The number of hydrogen-bond donors (Lipinski definition) is 3. The fraction of sp³-hybridized carbons (Fsp3) is 0.714. The van der Waals surface area contributed by atoms with Crippen molar-refractivity contribution in [2.45, 2.75) is 45.4 Å². The number of nitrogen functional groups attached to an aromatic ring is 1. The molecule has 1 aromatic heterocycles. The lowest BCUT2D eigenvalue weighted by molar-refractivity contribution is 0.466. The van der Waals surface area contributed by atoms with Gasteiger partial charge in [0.25, 0.3) is 0 Å². The van der Waals surface area contributed by atoms with Gasteiger partial charge in [0.15, 0.2) is 0 Å². The minimum absolute atomic E-state index is 0.574. The first-order valence-corrected chi connectivity index (χ1v) is 7.33. The Kier molecular flexibility index (Phi) is 3.31. The number of hydrogen-bond acceptors (Lipinski definition) is 5. The first-order chi connectivity index (χ1) is 9.29. The maximum absolute atomic E-state index is 5.53. The number of hydrazine groups is 1. The average molecular weight is 261 g/mol. The molecule has 19 heavy (non-hydrogen) atoms. The molecule has 1 aromatic rings. The summed E-state index contributed by atoms with van der Waals surface area (Å²) < 4.78 is 0. The highest BCUT2D eigenvalue weighted by Crippen LogP contribution is 2.61. The maximum atomic E-state index is 5.53. The number of rotatable bonds is 7. The van der Waals surface area contributed by atoms with Crippen molar-refractivity contribution in [1.82, 2.24) is 9.97 Å². The van der Waals surface area contributed by atoms with Crippen LogP contribution in [0.3, 0.4) is 0 Å². The van der Waals surface area contributed by atoms with Gasteiger partial charge in [0.05, 0.1) is 0 Å². The Morgan fingerprint density at radius 3 is 2.63 bits per heavy atom. The number of nitrogens with two attached hydrogens (primary N) is 1. The van der Waals surface area contributed by atoms with Crippen molar-refractivity contribution in [3.05, 3.63) is 11.9 Å². The third kappa shape index (κ3) is 2.52. The zero-order valence-electron chi connectivity index (χ0n) is 11.6. The summed E-state index contributed by atoms with van der Waals surface area (Å²) in [5, 5.41) is 3.55. The molecule has 5 nitrogen and oxygen atoms in total. The number of nitrogens with one attached hydrogen (secondary N) is 2. The van der Waals surface area contributed by atoms with Gasteiger partial charge in [-0.1, -0.05) is 13.3 Å². The Labute approximate surface area is 114 Å². The SMILES string of the molecule is CCCc1c(NN)ncnc1NCC1(C2CC2)CC1. The van der Waals surface area contributed by atoms with Crippen LogP contribution in [-0.4, -0.2) is 16.5 Å². The first-order valence-electron chi connectivity index (χ1n) is 7.33. The predicted molar refractivity (Wildman–Crippen MR) is 76.7 cm³/mol. The molecule has 0 spiro atoms. The Morgan fingerprint density at radius 1 is 1.32 bits per heavy atom. The second-order valence-electron chi connectivity index (χ2n) is 5.93. The van der Waals surface area contributed by atoms with Crippen molar-refractivity contribution in [3.63, 3.8) is 0 Å². The zero-order chi connectivity index (χ0) is 13.3. The number of nitrogens with zero attached hydrogens (tertiary/aromatic N) is 2. The van der Waals surface area contributed by atoms with Crippen LogP contribution in [0.1, 0.15) is 44.6 Å². The van der Waals surface area contributed by atoms with E-state index in [1.54, 1.807) is 6.33 Å². The van der Waals surface area contributed by atoms with Crippen LogP contribution >= 0.6 is 0 Å². The summed E-state index contributed by atoms with van der Waals surface area (Å²) in [4.78, 5) is 8.60. The second kappa shape index (κ2) is 4.96. The molecule has 104 valence electrons. The van der Waals surface area contributed by atoms with Crippen LogP contribution in [-0.2, 0) is 6.42 Å². The molecule has 2 saturated carbocycles. The molecular weight excluding hydrogens is 238 g/mol. The van der Waals surface area contributed by atoms with Crippen molar-refractivity contribution in [1.29, 1.82) is 0 Å². The summed E-state index contributed by atoms with van der Waals surface area (Å²) >= 11 is 0. The number of anilines is 2. The average Bonchev–Trinajstić information content (AvgIpc) is 3.28. The fourth-order valence-corrected chi connectivity index (χ4v) is 3.02. The van der Waals surface area contributed by atoms with Crippen molar-refractivity contribution < 1.29 is 0 Å². The second-order valence-corrected chi connectivity index (χ2v) is 5.93. The van der Waals surface area contributed by atoms with Gasteiger partial charge in [0, 0.05) is 12.1 Å². The molecule has 1 heterocycles. The van der Waals surface area contributed by atoms with E-state index in [1.165, 1.54) is 25.7 Å². The zero-order valence-corrected chi connectivity index (χ0v) is 11.6. The molecule has 0 saturated heterocycles. The van der Waals surface area contributed by atoms with Gasteiger partial charge in [0.1, 0.15) is 18.0 Å². The topological polar surface area (TPSA) is 75.9 Å². The quantitative estimate of drug-likeness (QED) is 0.519. The molecule has 0 radical (unpaired) electrons. The van der Waals surface area contributed by atoms with Gasteiger partial charge < -0.3 is 10.7 Å². The summed E-state index contributed by atoms with van der Waals surface area (Å²) in [5.41, 5.74) is 4.36. The van der Waals surface area contributed by atoms with E-state index in [0.29, 0.717) is 5.41 Å². The lowest BCUT2D eigenvalue weighted by Gasteiger charge is -2.18. The Bertz CT molecular complexity index is 451. The smallest absolute Gasteiger partial charge is 0.148 e. The predicted octanol–water partition coefficient (Wildman–Crippen LogP) is 2.32. The lowest BCUT2D eigenvalue weighted by Crippen LogP contribution is -2.20. The highest BCUT2D eigenvalue weighted by Gasteiger charge is 2.53. The molecule has 0 aliphatic heterocycles. The van der Waals surface area contributed by atoms with Crippen LogP contribution in [0, 0.1) is 11.3 Å². The van der Waals surface area contributed by atoms with Gasteiger partial charge in [-0.3, -0.25) is 0 Å². The van der Waals surface area contributed by atoms with E-state index in [-0.39, 0.29) is 0 Å². The van der Waals surface area contributed by atoms with Crippen LogP contribution in [0.15, 0.2) is 6.33 Å². The molecule has 5 heteroatoms. The van der Waals surface area contributed by atoms with E-state index in [0.717, 1.165) is 42.5 Å². The Balaban J connectivity index is 1.72. The highest BCUT2D eigenvalue weighted by molar-refractivity contribution is 5.57. The minimum atomic E-state index is 0.574. The van der Waals surface area contributed by atoms with Gasteiger partial charge in [-0.15, -0.1) is 0 Å². The van der Waals surface area contributed by atoms with Crippen LogP contribution in [0.5, 0.6) is 0 Å². The molecule has 2 aliphatic rings. The summed E-state index contributed by atoms with van der Waals surface area (Å²) in [5.74, 6) is 8.20. The van der Waals surface area contributed by atoms with Crippen molar-refractivity contribution >= 4 is 11.6 Å². The maximum Gasteiger partial charge on any atom is 0.148 e. The molecule has 2 aliphatic carbocycles. The molecular formula is C14H23N5. The third-order valence-electron chi connectivity index (χ3n) is 4.53. The molecule has 2 fully saturated rings. The van der Waals surface area contributed by atoms with Crippen molar-refractivity contribution in [2.75, 3.05) is 17.3 Å². The van der Waals surface area contributed by atoms with E-state index < -0.39 is 0 Å². The van der Waals surface area contributed by atoms with Crippen LogP contribution in [0.25, 0.3) is 0 Å². The van der Waals surface area contributed by atoms with Gasteiger partial charge in [-0.2, -0.15) is 0 Å². The Morgan fingerprint density at radius 2 is 2.05 bits per heavy atom. The molecule has 0 bridgehead atoms. The number of aromatic nitrogens is 2. The monoisotopic (exact) mass is 261 g/mol. The molecule has 0 atom stereocenters. The van der Waals surface area contributed by atoms with Crippen LogP contribution < -0.4 is 16.6 Å². The highest BCUT2D eigenvalue weighted by atomic mass is 15.3. The van der Waals surface area contributed by atoms with Crippen molar-refractivity contribution in [3.8, 4) is 0 Å². The summed E-state index contributed by atoms with van der Waals surface area (Å²) in [6, 6.07) is 0. The van der Waals surface area contributed by atoms with E-state index in [1.807, 2.05) is 0 Å². The summed E-state index contributed by atoms with van der Waals surface area (Å²) in [6.07, 6.45) is 9.17. The largest absolute Gasteiger partial charge is 0.369 e.